The number of allylic oxidation sites excluding steroid dienone is 2. The standard InChI is InChI=1S/C33H28N2O7S2Se/c36-41-42-43-20-6-17-34-18-15-23(26-9-2-3-10-27(26)34)8-5-12-33-35(19-16-32(35)44(37,38)39)28-21-25(13-14-31(28)45-33)30-22-24-7-1-4-11-29(24)40-30/h1-5,7-15,18,21-22,32H,6,16-17,19-20H2/p+2. The zero-order valence-corrected chi connectivity index (χ0v) is 27.3. The van der Waals surface area contributed by atoms with Crippen molar-refractivity contribution < 1.29 is 36.6 Å². The van der Waals surface area contributed by atoms with Crippen LogP contribution in [0.3, 0.4) is 0 Å². The molecule has 2 N–H and O–H groups in total. The first-order valence-electron chi connectivity index (χ1n) is 14.4. The quantitative estimate of drug-likeness (QED) is 0.0273. The summed E-state index contributed by atoms with van der Waals surface area (Å²) in [6.07, 6.45) is 9.35. The van der Waals surface area contributed by atoms with Crippen molar-refractivity contribution in [3.8, 4) is 11.3 Å². The Kier molecular flexibility index (Phi) is 8.42. The van der Waals surface area contributed by atoms with Crippen molar-refractivity contribution in [3.63, 3.8) is 0 Å². The molecule has 45 heavy (non-hydrogen) atoms. The summed E-state index contributed by atoms with van der Waals surface area (Å²) >= 11 is 0.922. The second kappa shape index (κ2) is 12.5. The van der Waals surface area contributed by atoms with Crippen molar-refractivity contribution in [3.05, 3.63) is 107 Å². The van der Waals surface area contributed by atoms with Gasteiger partial charge in [0.2, 0.25) is 0 Å². The molecule has 1 fully saturated rings. The monoisotopic (exact) mass is 710 g/mol. The van der Waals surface area contributed by atoms with Crippen molar-refractivity contribution in [2.45, 2.75) is 24.8 Å². The Hall–Kier alpha value is -3.29. The molecule has 0 bridgehead atoms. The molecule has 0 saturated carbocycles. The van der Waals surface area contributed by atoms with E-state index in [1.54, 1.807) is 0 Å². The van der Waals surface area contributed by atoms with E-state index >= 15 is 0 Å². The van der Waals surface area contributed by atoms with Crippen LogP contribution in [-0.4, -0.2) is 50.9 Å². The number of fused-ring (bicyclic) bond motifs is 4. The van der Waals surface area contributed by atoms with Gasteiger partial charge in [0.15, 0.2) is 0 Å². The molecule has 2 atom stereocenters. The normalized spacial score (nSPS) is 20.5. The van der Waals surface area contributed by atoms with Crippen LogP contribution in [0.2, 0.25) is 0 Å². The first-order chi connectivity index (χ1) is 21.9. The first kappa shape index (κ1) is 30.4. The van der Waals surface area contributed by atoms with Gasteiger partial charge >= 0.3 is 257 Å². The van der Waals surface area contributed by atoms with Crippen molar-refractivity contribution in [2.75, 3.05) is 12.3 Å². The number of hydrogen-bond donors (Lipinski definition) is 2. The molecule has 2 aliphatic heterocycles. The second-order valence-electron chi connectivity index (χ2n) is 10.9. The van der Waals surface area contributed by atoms with E-state index in [0.717, 1.165) is 78.5 Å². The maximum atomic E-state index is 12.7. The molecular weight excluding hydrogens is 679 g/mol. The zero-order chi connectivity index (χ0) is 31.0. The van der Waals surface area contributed by atoms with Crippen LogP contribution >= 0.6 is 12.0 Å². The van der Waals surface area contributed by atoms with Gasteiger partial charge in [0.1, 0.15) is 0 Å². The number of aromatic nitrogens is 1. The Morgan fingerprint density at radius 1 is 1.09 bits per heavy atom. The van der Waals surface area contributed by atoms with Crippen LogP contribution in [0.4, 0.5) is 5.69 Å². The van der Waals surface area contributed by atoms with E-state index in [1.165, 1.54) is 0 Å². The summed E-state index contributed by atoms with van der Waals surface area (Å²) in [4.78, 5) is 0. The average Bonchev–Trinajstić information content (AvgIpc) is 3.60. The fraction of sp³-hybridized carbons (Fsp3) is 0.182. The summed E-state index contributed by atoms with van der Waals surface area (Å²) in [5.41, 5.74) is 4.73. The Labute approximate surface area is 270 Å². The molecule has 0 aliphatic carbocycles. The van der Waals surface area contributed by atoms with Gasteiger partial charge in [-0.3, -0.25) is 0 Å². The van der Waals surface area contributed by atoms with Crippen molar-refractivity contribution in [2.24, 2.45) is 0 Å². The number of pyridine rings is 1. The molecule has 2 unspecified atom stereocenters. The van der Waals surface area contributed by atoms with Gasteiger partial charge in [-0.15, -0.1) is 4.33 Å². The molecule has 1 spiro atoms. The third-order valence-electron chi connectivity index (χ3n) is 8.45. The summed E-state index contributed by atoms with van der Waals surface area (Å²) in [7, 11) is -4.29. The molecule has 7 rings (SSSR count). The number of nitrogens with zero attached hydrogens (tertiary/aromatic N) is 2. The van der Waals surface area contributed by atoms with Gasteiger partial charge < -0.3 is 0 Å². The molecule has 9 nitrogen and oxygen atoms in total. The van der Waals surface area contributed by atoms with Gasteiger partial charge in [0.25, 0.3) is 0 Å². The van der Waals surface area contributed by atoms with Crippen LogP contribution in [-0.2, 0) is 26.0 Å². The predicted molar refractivity (Wildman–Crippen MR) is 177 cm³/mol. The molecule has 3 aromatic carbocycles. The van der Waals surface area contributed by atoms with E-state index in [0.29, 0.717) is 18.7 Å². The molecule has 4 heterocycles. The Morgan fingerprint density at radius 2 is 1.93 bits per heavy atom. The molecule has 2 aromatic heterocycles. The van der Waals surface area contributed by atoms with Gasteiger partial charge in [-0.1, -0.05) is 5.04 Å². The third-order valence-corrected chi connectivity index (χ3v) is 12.9. The van der Waals surface area contributed by atoms with Gasteiger partial charge in [0.05, 0.1) is 0 Å². The van der Waals surface area contributed by atoms with Crippen LogP contribution < -0.4 is 13.5 Å². The Balaban J connectivity index is 1.21. The van der Waals surface area contributed by atoms with E-state index in [9.17, 15) is 13.0 Å². The van der Waals surface area contributed by atoms with E-state index in [2.05, 4.69) is 50.5 Å². The summed E-state index contributed by atoms with van der Waals surface area (Å²) in [6.45, 7) is 1.37. The van der Waals surface area contributed by atoms with E-state index in [4.69, 9.17) is 9.67 Å². The van der Waals surface area contributed by atoms with Gasteiger partial charge in [-0.2, -0.15) is 0 Å². The molecule has 0 radical (unpaired) electrons. The minimum absolute atomic E-state index is 0.125. The summed E-state index contributed by atoms with van der Waals surface area (Å²) in [6, 6.07) is 26.3. The van der Waals surface area contributed by atoms with Crippen LogP contribution in [0.1, 0.15) is 18.4 Å². The molecule has 1 saturated heterocycles. The average molecular weight is 710 g/mol. The first-order valence-corrected chi connectivity index (χ1v) is 18.6. The molecule has 12 heteroatoms. The van der Waals surface area contributed by atoms with E-state index in [-0.39, 0.29) is 19.4 Å². The van der Waals surface area contributed by atoms with Crippen LogP contribution in [0.15, 0.2) is 106 Å². The molecular formula is C33H30N2O7S2Se+2. The van der Waals surface area contributed by atoms with Crippen molar-refractivity contribution >= 4 is 75.2 Å². The number of quaternary nitrogens is 1. The van der Waals surface area contributed by atoms with Gasteiger partial charge in [-0.25, -0.2) is 5.26 Å². The Morgan fingerprint density at radius 3 is 2.73 bits per heavy atom. The Bertz CT molecular complexity index is 2050. The van der Waals surface area contributed by atoms with E-state index in [1.807, 2.05) is 66.7 Å². The third kappa shape index (κ3) is 5.67. The number of benzene rings is 3. The number of para-hydroxylation sites is 2. The number of hydrogen-bond acceptors (Lipinski definition) is 7. The van der Waals surface area contributed by atoms with Crippen molar-refractivity contribution in [1.29, 1.82) is 0 Å². The van der Waals surface area contributed by atoms with E-state index < -0.39 is 15.5 Å². The fourth-order valence-corrected chi connectivity index (χ4v) is 10.8. The second-order valence-corrected chi connectivity index (χ2v) is 15.5. The predicted octanol–water partition coefficient (Wildman–Crippen LogP) is 5.82. The SMILES string of the molecule is O=S(=O)(O)C1CC[N+]12C(=CC=Cc1cc[n+](CCCSOOO)c3ccccc13)[Se]c1ccc(-c3cc4ccccc4o3)cc12. The minimum atomic E-state index is -4.29. The number of aryl methyl sites for hydroxylation is 1. The summed E-state index contributed by atoms with van der Waals surface area (Å²) in [5, 5.41) is 13.1. The van der Waals surface area contributed by atoms with Gasteiger partial charge in [0, 0.05) is 0 Å². The van der Waals surface area contributed by atoms with Crippen LogP contribution in [0.5, 0.6) is 0 Å². The maximum absolute atomic E-state index is 12.7. The summed E-state index contributed by atoms with van der Waals surface area (Å²) < 4.78 is 50.6. The van der Waals surface area contributed by atoms with Gasteiger partial charge in [-0.05, 0) is 0 Å². The summed E-state index contributed by atoms with van der Waals surface area (Å²) in [5.74, 6) is 1.39. The molecule has 2 aliphatic rings. The molecule has 0 amide bonds. The van der Waals surface area contributed by atoms with Crippen molar-refractivity contribution in [1.82, 2.24) is 4.48 Å². The molecule has 5 aromatic rings. The van der Waals surface area contributed by atoms with Crippen LogP contribution in [0.25, 0.3) is 39.3 Å². The molecule has 230 valence electrons. The van der Waals surface area contributed by atoms with Crippen LogP contribution in [0, 0.1) is 0 Å². The zero-order valence-electron chi connectivity index (χ0n) is 24.0. The number of furan rings is 1. The number of rotatable bonds is 10. The topological polar surface area (TPSA) is 110 Å². The fourth-order valence-electron chi connectivity index (χ4n) is 6.30.